The van der Waals surface area contributed by atoms with Gasteiger partial charge < -0.3 is 9.80 Å². The average molecular weight is 343 g/mol. The van der Waals surface area contributed by atoms with Crippen molar-refractivity contribution >= 4 is 39.0 Å². The van der Waals surface area contributed by atoms with Crippen molar-refractivity contribution in [1.82, 2.24) is 14.5 Å². The first-order valence-corrected chi connectivity index (χ1v) is 8.18. The van der Waals surface area contributed by atoms with E-state index in [1.165, 1.54) is 27.1 Å². The Kier molecular flexibility index (Phi) is 4.30. The van der Waals surface area contributed by atoms with E-state index in [2.05, 4.69) is 9.97 Å². The Bertz CT molecular complexity index is 947. The van der Waals surface area contributed by atoms with Crippen LogP contribution in [0.3, 0.4) is 0 Å². The molecule has 0 aliphatic rings. The van der Waals surface area contributed by atoms with E-state index in [1.807, 2.05) is 30.4 Å². The number of rotatable bonds is 4. The van der Waals surface area contributed by atoms with Gasteiger partial charge in [-0.15, -0.1) is 11.3 Å². The van der Waals surface area contributed by atoms with Gasteiger partial charge in [0.2, 0.25) is 5.91 Å². The predicted octanol–water partition coefficient (Wildman–Crippen LogP) is 1.58. The van der Waals surface area contributed by atoms with Gasteiger partial charge in [0.15, 0.2) is 5.82 Å². The summed E-state index contributed by atoms with van der Waals surface area (Å²) in [6.07, 6.45) is 3.10. The van der Waals surface area contributed by atoms with Gasteiger partial charge >= 0.3 is 0 Å². The zero-order valence-corrected chi connectivity index (χ0v) is 14.4. The number of aromatic nitrogens is 3. The molecule has 7 nitrogen and oxygen atoms in total. The van der Waals surface area contributed by atoms with Gasteiger partial charge in [-0.1, -0.05) is 0 Å². The Morgan fingerprint density at radius 1 is 1.25 bits per heavy atom. The molecule has 0 unspecified atom stereocenters. The Morgan fingerprint density at radius 2 is 2.04 bits per heavy atom. The Hall–Kier alpha value is -2.74. The second-order valence-corrected chi connectivity index (χ2v) is 6.40. The van der Waals surface area contributed by atoms with Crippen LogP contribution in [-0.4, -0.2) is 41.6 Å². The van der Waals surface area contributed by atoms with Gasteiger partial charge in [-0.05, 0) is 23.6 Å². The molecular weight excluding hydrogens is 326 g/mol. The molecule has 0 atom stereocenters. The lowest BCUT2D eigenvalue weighted by Gasteiger charge is -2.23. The van der Waals surface area contributed by atoms with Crippen molar-refractivity contribution in [2.45, 2.75) is 6.54 Å². The maximum absolute atomic E-state index is 12.6. The van der Waals surface area contributed by atoms with Gasteiger partial charge in [-0.25, -0.2) is 9.97 Å². The van der Waals surface area contributed by atoms with Crippen LogP contribution in [0, 0.1) is 0 Å². The lowest BCUT2D eigenvalue weighted by molar-refractivity contribution is -0.118. The highest BCUT2D eigenvalue weighted by Crippen LogP contribution is 2.24. The van der Waals surface area contributed by atoms with Crippen LogP contribution < -0.4 is 15.4 Å². The molecule has 0 aliphatic heterocycles. The molecule has 0 saturated heterocycles. The third kappa shape index (κ3) is 2.88. The summed E-state index contributed by atoms with van der Waals surface area (Å²) in [6, 6.07) is 5.33. The van der Waals surface area contributed by atoms with Crippen LogP contribution >= 0.6 is 11.3 Å². The minimum Gasteiger partial charge on any atom is -0.361 e. The third-order valence-corrected chi connectivity index (χ3v) is 4.50. The van der Waals surface area contributed by atoms with E-state index in [9.17, 15) is 9.59 Å². The van der Waals surface area contributed by atoms with Crippen LogP contribution in [-0.2, 0) is 11.3 Å². The molecule has 3 heterocycles. The number of carbonyl (C=O) groups excluding carboxylic acids is 1. The summed E-state index contributed by atoms with van der Waals surface area (Å²) < 4.78 is 1.33. The fraction of sp³-hybridized carbons (Fsp3) is 0.250. The summed E-state index contributed by atoms with van der Waals surface area (Å²) >= 11 is 1.40. The molecule has 0 aliphatic carbocycles. The zero-order valence-electron chi connectivity index (χ0n) is 13.6. The van der Waals surface area contributed by atoms with Crippen LogP contribution in [0.4, 0.5) is 11.5 Å². The first kappa shape index (κ1) is 16.1. The topological polar surface area (TPSA) is 71.3 Å². The van der Waals surface area contributed by atoms with Crippen molar-refractivity contribution in [3.63, 3.8) is 0 Å². The molecule has 124 valence electrons. The Morgan fingerprint density at radius 3 is 2.79 bits per heavy atom. The van der Waals surface area contributed by atoms with E-state index >= 15 is 0 Å². The van der Waals surface area contributed by atoms with Crippen LogP contribution in [0.1, 0.15) is 0 Å². The minimum absolute atomic E-state index is 0.0735. The second kappa shape index (κ2) is 6.40. The fourth-order valence-electron chi connectivity index (χ4n) is 2.39. The van der Waals surface area contributed by atoms with E-state index in [4.69, 9.17) is 0 Å². The molecule has 0 radical (unpaired) electrons. The fourth-order valence-corrected chi connectivity index (χ4v) is 3.11. The molecule has 0 bridgehead atoms. The SMILES string of the molecule is CN(C)c1ncccc1N(C)C(=O)Cn1cnc2sccc2c1=O. The zero-order chi connectivity index (χ0) is 17.3. The normalized spacial score (nSPS) is 10.8. The number of fused-ring (bicyclic) bond motifs is 1. The number of carbonyl (C=O) groups is 1. The number of pyridine rings is 1. The lowest BCUT2D eigenvalue weighted by Crippen LogP contribution is -2.34. The van der Waals surface area contributed by atoms with Gasteiger partial charge in [-0.3, -0.25) is 14.2 Å². The molecule has 3 aromatic rings. The van der Waals surface area contributed by atoms with Crippen LogP contribution in [0.15, 0.2) is 40.9 Å². The highest BCUT2D eigenvalue weighted by molar-refractivity contribution is 7.16. The molecule has 24 heavy (non-hydrogen) atoms. The van der Waals surface area contributed by atoms with E-state index < -0.39 is 0 Å². The average Bonchev–Trinajstić information content (AvgIpc) is 3.06. The number of hydrogen-bond acceptors (Lipinski definition) is 6. The predicted molar refractivity (Wildman–Crippen MR) is 95.9 cm³/mol. The lowest BCUT2D eigenvalue weighted by atomic mass is 10.3. The number of thiophene rings is 1. The monoisotopic (exact) mass is 343 g/mol. The molecule has 0 N–H and O–H groups in total. The summed E-state index contributed by atoms with van der Waals surface area (Å²) in [5.74, 6) is 0.469. The van der Waals surface area contributed by atoms with Crippen LogP contribution in [0.2, 0.25) is 0 Å². The first-order chi connectivity index (χ1) is 11.5. The molecule has 0 spiro atoms. The van der Waals surface area contributed by atoms with Gasteiger partial charge in [0.25, 0.3) is 5.56 Å². The number of anilines is 2. The molecule has 0 saturated carbocycles. The van der Waals surface area contributed by atoms with E-state index in [0.29, 0.717) is 21.7 Å². The van der Waals surface area contributed by atoms with Gasteiger partial charge in [0.05, 0.1) is 17.4 Å². The highest BCUT2D eigenvalue weighted by atomic mass is 32.1. The summed E-state index contributed by atoms with van der Waals surface area (Å²) in [5, 5.41) is 2.35. The molecule has 3 aromatic heterocycles. The van der Waals surface area contributed by atoms with Crippen molar-refractivity contribution in [2.75, 3.05) is 30.9 Å². The van der Waals surface area contributed by atoms with E-state index in [-0.39, 0.29) is 18.0 Å². The summed E-state index contributed by atoms with van der Waals surface area (Å²) in [7, 11) is 5.40. The van der Waals surface area contributed by atoms with E-state index in [1.54, 1.807) is 25.4 Å². The largest absolute Gasteiger partial charge is 0.361 e. The molecule has 0 fully saturated rings. The summed E-state index contributed by atoms with van der Waals surface area (Å²) in [4.78, 5) is 37.5. The van der Waals surface area contributed by atoms with Crippen molar-refractivity contribution in [1.29, 1.82) is 0 Å². The molecule has 1 amide bonds. The first-order valence-electron chi connectivity index (χ1n) is 7.30. The smallest absolute Gasteiger partial charge is 0.262 e. The van der Waals surface area contributed by atoms with Crippen LogP contribution in [0.5, 0.6) is 0 Å². The third-order valence-electron chi connectivity index (χ3n) is 3.68. The molecule has 3 rings (SSSR count). The maximum Gasteiger partial charge on any atom is 0.262 e. The maximum atomic E-state index is 12.6. The number of nitrogens with zero attached hydrogens (tertiary/aromatic N) is 5. The molecular formula is C16H17N5O2S. The second-order valence-electron chi connectivity index (χ2n) is 5.51. The van der Waals surface area contributed by atoms with Gasteiger partial charge in [0.1, 0.15) is 11.4 Å². The summed E-state index contributed by atoms with van der Waals surface area (Å²) in [6.45, 7) is -0.0735. The van der Waals surface area contributed by atoms with Crippen molar-refractivity contribution in [2.24, 2.45) is 0 Å². The standard InChI is InChI=1S/C16H17N5O2S/c1-19(2)14-12(5-4-7-17-14)20(3)13(22)9-21-10-18-15-11(16(21)23)6-8-24-15/h4-8,10H,9H2,1-3H3. The highest BCUT2D eigenvalue weighted by Gasteiger charge is 2.18. The van der Waals surface area contributed by atoms with Crippen molar-refractivity contribution in [3.8, 4) is 0 Å². The quantitative estimate of drug-likeness (QED) is 0.719. The summed E-state index contributed by atoms with van der Waals surface area (Å²) in [5.41, 5.74) is 0.479. The Balaban J connectivity index is 1.89. The van der Waals surface area contributed by atoms with Crippen LogP contribution in [0.25, 0.3) is 10.2 Å². The molecule has 0 aromatic carbocycles. The van der Waals surface area contributed by atoms with Gasteiger partial charge in [-0.2, -0.15) is 0 Å². The number of hydrogen-bond donors (Lipinski definition) is 0. The van der Waals surface area contributed by atoms with Gasteiger partial charge in [0, 0.05) is 27.3 Å². The number of likely N-dealkylation sites (N-methyl/N-ethyl adjacent to an activating group) is 1. The Labute approximate surface area is 142 Å². The van der Waals surface area contributed by atoms with E-state index in [0.717, 1.165) is 0 Å². The van der Waals surface area contributed by atoms with Crippen molar-refractivity contribution < 1.29 is 4.79 Å². The minimum atomic E-state index is -0.218. The van der Waals surface area contributed by atoms with Crippen molar-refractivity contribution in [3.05, 3.63) is 46.5 Å². The molecule has 8 heteroatoms. The number of amides is 1.